The molecule has 1 heterocycles. The van der Waals surface area contributed by atoms with E-state index in [4.69, 9.17) is 4.74 Å². The van der Waals surface area contributed by atoms with Crippen LogP contribution in [-0.2, 0) is 6.54 Å². The predicted octanol–water partition coefficient (Wildman–Crippen LogP) is 3.39. The second kappa shape index (κ2) is 7.49. The number of halogens is 1. The fourth-order valence-corrected chi connectivity index (χ4v) is 2.49. The van der Waals surface area contributed by atoms with Gasteiger partial charge in [0.1, 0.15) is 0 Å². The first-order valence-electron chi connectivity index (χ1n) is 6.91. The van der Waals surface area contributed by atoms with Crippen LogP contribution in [0.4, 0.5) is 0 Å². The lowest BCUT2D eigenvalue weighted by molar-refractivity contribution is 0.301. The second-order valence-electron chi connectivity index (χ2n) is 4.80. The Morgan fingerprint density at radius 1 is 1.29 bits per heavy atom. The van der Waals surface area contributed by atoms with Crippen LogP contribution in [0.3, 0.4) is 0 Å². The first kappa shape index (κ1) is 15.9. The maximum absolute atomic E-state index is 11.8. The molecular weight excluding hydrogens is 381 g/mol. The number of unbranched alkanes of at least 4 members (excludes halogenated alkanes) is 1. The van der Waals surface area contributed by atoms with Crippen LogP contribution in [0.5, 0.6) is 11.5 Å². The Bertz CT molecular complexity index is 667. The number of pyridine rings is 1. The normalized spacial score (nSPS) is 10.6. The van der Waals surface area contributed by atoms with Crippen molar-refractivity contribution in [1.82, 2.24) is 4.57 Å². The van der Waals surface area contributed by atoms with Gasteiger partial charge in [0.05, 0.1) is 19.0 Å². The molecule has 21 heavy (non-hydrogen) atoms. The zero-order chi connectivity index (χ0) is 15.2. The van der Waals surface area contributed by atoms with Gasteiger partial charge in [0.15, 0.2) is 11.5 Å². The van der Waals surface area contributed by atoms with Gasteiger partial charge in [-0.25, -0.2) is 0 Å². The number of hydrogen-bond acceptors (Lipinski definition) is 3. The third kappa shape index (κ3) is 4.23. The molecule has 4 nitrogen and oxygen atoms in total. The Balaban J connectivity index is 2.24. The van der Waals surface area contributed by atoms with Gasteiger partial charge in [-0.15, -0.1) is 0 Å². The molecule has 0 aliphatic heterocycles. The van der Waals surface area contributed by atoms with Crippen LogP contribution >= 0.6 is 22.6 Å². The molecule has 0 radical (unpaired) electrons. The summed E-state index contributed by atoms with van der Waals surface area (Å²) >= 11 is 2.27. The molecule has 1 N–H and O–H groups in total. The number of aromatic nitrogens is 1. The fraction of sp³-hybridized carbons (Fsp3) is 0.312. The molecule has 0 bridgehead atoms. The summed E-state index contributed by atoms with van der Waals surface area (Å²) in [6, 6.07) is 8.00. The third-order valence-corrected chi connectivity index (χ3v) is 4.15. The van der Waals surface area contributed by atoms with Crippen LogP contribution in [0, 0.1) is 3.57 Å². The number of aromatic hydroxyl groups is 1. The Morgan fingerprint density at radius 2 is 2.05 bits per heavy atom. The lowest BCUT2D eigenvalue weighted by atomic mass is 10.2. The fourth-order valence-electron chi connectivity index (χ4n) is 1.93. The summed E-state index contributed by atoms with van der Waals surface area (Å²) in [5.41, 5.74) is 0.672. The van der Waals surface area contributed by atoms with Gasteiger partial charge in [-0.3, -0.25) is 4.79 Å². The van der Waals surface area contributed by atoms with E-state index in [0.717, 1.165) is 22.0 Å². The lowest BCUT2D eigenvalue weighted by Crippen LogP contribution is -2.13. The standard InChI is InChI=1S/C16H18INO3/c1-2-3-8-21-15-11-18(10-14(19)16(15)20)9-12-6-4-5-7-13(12)17/h4-7,10-11,19H,2-3,8-9H2,1H3. The van der Waals surface area contributed by atoms with E-state index >= 15 is 0 Å². The molecule has 0 spiro atoms. The topological polar surface area (TPSA) is 51.5 Å². The van der Waals surface area contributed by atoms with Crippen LogP contribution in [0.2, 0.25) is 0 Å². The van der Waals surface area contributed by atoms with Gasteiger partial charge in [0.25, 0.3) is 5.43 Å². The Morgan fingerprint density at radius 3 is 2.76 bits per heavy atom. The van der Waals surface area contributed by atoms with Gasteiger partial charge in [0.2, 0.25) is 0 Å². The average Bonchev–Trinajstić information content (AvgIpc) is 2.46. The van der Waals surface area contributed by atoms with Crippen molar-refractivity contribution in [2.75, 3.05) is 6.61 Å². The number of benzene rings is 1. The molecule has 5 heteroatoms. The van der Waals surface area contributed by atoms with E-state index in [1.807, 2.05) is 24.3 Å². The van der Waals surface area contributed by atoms with Crippen molar-refractivity contribution in [2.24, 2.45) is 0 Å². The number of rotatable bonds is 6. The van der Waals surface area contributed by atoms with Gasteiger partial charge >= 0.3 is 0 Å². The Hall–Kier alpha value is -1.50. The van der Waals surface area contributed by atoms with Crippen molar-refractivity contribution in [3.8, 4) is 11.5 Å². The maximum atomic E-state index is 11.8. The van der Waals surface area contributed by atoms with E-state index in [9.17, 15) is 9.90 Å². The summed E-state index contributed by atoms with van der Waals surface area (Å²) < 4.78 is 8.39. The van der Waals surface area contributed by atoms with E-state index in [1.54, 1.807) is 10.8 Å². The molecule has 0 saturated heterocycles. The van der Waals surface area contributed by atoms with Crippen molar-refractivity contribution in [2.45, 2.75) is 26.3 Å². The molecule has 0 amide bonds. The first-order chi connectivity index (χ1) is 10.1. The van der Waals surface area contributed by atoms with Crippen LogP contribution in [0.25, 0.3) is 0 Å². The molecule has 1 aromatic carbocycles. The third-order valence-electron chi connectivity index (χ3n) is 3.09. The highest BCUT2D eigenvalue weighted by atomic mass is 127. The van der Waals surface area contributed by atoms with Crippen molar-refractivity contribution in [1.29, 1.82) is 0 Å². The highest BCUT2D eigenvalue weighted by Crippen LogP contribution is 2.16. The SMILES string of the molecule is CCCCOc1cn(Cc2ccccc2I)cc(O)c1=O. The molecule has 1 aromatic heterocycles. The molecule has 0 aliphatic carbocycles. The zero-order valence-electron chi connectivity index (χ0n) is 11.9. The number of hydrogen-bond donors (Lipinski definition) is 1. The summed E-state index contributed by atoms with van der Waals surface area (Å²) in [4.78, 5) is 11.8. The van der Waals surface area contributed by atoms with Gasteiger partial charge < -0.3 is 14.4 Å². The van der Waals surface area contributed by atoms with Gasteiger partial charge in [0, 0.05) is 10.1 Å². The van der Waals surface area contributed by atoms with E-state index < -0.39 is 5.43 Å². The van der Waals surface area contributed by atoms with Gasteiger partial charge in [-0.1, -0.05) is 31.5 Å². The average molecular weight is 399 g/mol. The minimum atomic E-state index is -0.454. The van der Waals surface area contributed by atoms with E-state index in [2.05, 4.69) is 29.5 Å². The van der Waals surface area contributed by atoms with Gasteiger partial charge in [-0.2, -0.15) is 0 Å². The molecular formula is C16H18INO3. The molecule has 0 aliphatic rings. The van der Waals surface area contributed by atoms with E-state index in [0.29, 0.717) is 13.2 Å². The van der Waals surface area contributed by atoms with Crippen LogP contribution in [0.15, 0.2) is 41.5 Å². The Kier molecular flexibility index (Phi) is 5.67. The molecule has 2 rings (SSSR count). The maximum Gasteiger partial charge on any atom is 0.264 e. The predicted molar refractivity (Wildman–Crippen MR) is 91.0 cm³/mol. The van der Waals surface area contributed by atoms with Crippen LogP contribution in [0.1, 0.15) is 25.3 Å². The molecule has 0 unspecified atom stereocenters. The summed E-state index contributed by atoms with van der Waals surface area (Å²) in [7, 11) is 0. The van der Waals surface area contributed by atoms with E-state index in [1.165, 1.54) is 6.20 Å². The molecule has 0 atom stereocenters. The highest BCUT2D eigenvalue weighted by Gasteiger charge is 2.09. The van der Waals surface area contributed by atoms with Crippen molar-refractivity contribution in [3.05, 3.63) is 56.0 Å². The number of ether oxygens (including phenoxy) is 1. The smallest absolute Gasteiger partial charge is 0.264 e. The quantitative estimate of drug-likeness (QED) is 0.599. The zero-order valence-corrected chi connectivity index (χ0v) is 14.0. The highest BCUT2D eigenvalue weighted by molar-refractivity contribution is 14.1. The second-order valence-corrected chi connectivity index (χ2v) is 5.96. The van der Waals surface area contributed by atoms with Crippen molar-refractivity contribution >= 4 is 22.6 Å². The monoisotopic (exact) mass is 399 g/mol. The summed E-state index contributed by atoms with van der Waals surface area (Å²) in [6.45, 7) is 3.12. The van der Waals surface area contributed by atoms with E-state index in [-0.39, 0.29) is 11.5 Å². The first-order valence-corrected chi connectivity index (χ1v) is 7.99. The molecule has 2 aromatic rings. The Labute approximate surface area is 137 Å². The van der Waals surface area contributed by atoms with Crippen LogP contribution in [-0.4, -0.2) is 16.3 Å². The molecule has 112 valence electrons. The summed E-state index contributed by atoms with van der Waals surface area (Å²) in [5.74, 6) is -0.0793. The number of nitrogens with zero attached hydrogens (tertiary/aromatic N) is 1. The van der Waals surface area contributed by atoms with Crippen molar-refractivity contribution in [3.63, 3.8) is 0 Å². The van der Waals surface area contributed by atoms with Crippen LogP contribution < -0.4 is 10.2 Å². The minimum absolute atomic E-state index is 0.203. The molecule has 0 fully saturated rings. The summed E-state index contributed by atoms with van der Waals surface area (Å²) in [6.07, 6.45) is 4.97. The largest absolute Gasteiger partial charge is 0.503 e. The lowest BCUT2D eigenvalue weighted by Gasteiger charge is -2.12. The van der Waals surface area contributed by atoms with Gasteiger partial charge in [-0.05, 0) is 40.6 Å². The minimum Gasteiger partial charge on any atom is -0.503 e. The summed E-state index contributed by atoms with van der Waals surface area (Å²) in [5, 5.41) is 9.77. The van der Waals surface area contributed by atoms with Crippen molar-refractivity contribution < 1.29 is 9.84 Å². The molecule has 0 saturated carbocycles.